The summed E-state index contributed by atoms with van der Waals surface area (Å²) in [6, 6.07) is 5.23. The molecule has 1 rings (SSSR count). The highest BCUT2D eigenvalue weighted by Gasteiger charge is 2.08. The topological polar surface area (TPSA) is 64.7 Å². The average molecular weight is 272 g/mol. The Morgan fingerprint density at radius 3 is 2.72 bits per heavy atom. The Bertz CT molecular complexity index is 404. The van der Waals surface area contributed by atoms with Gasteiger partial charge in [-0.05, 0) is 24.1 Å². The van der Waals surface area contributed by atoms with Gasteiger partial charge in [-0.3, -0.25) is 0 Å². The molecule has 0 aromatic heterocycles. The second-order valence-electron chi connectivity index (χ2n) is 3.62. The highest BCUT2D eigenvalue weighted by molar-refractivity contribution is 5.85. The number of aliphatic hydroxyl groups is 1. The van der Waals surface area contributed by atoms with Crippen molar-refractivity contribution in [3.05, 3.63) is 23.8 Å². The largest absolute Gasteiger partial charge is 0.493 e. The number of methoxy groups -OCH3 is 1. The predicted octanol–water partition coefficient (Wildman–Crippen LogP) is 0.991. The third-order valence-electron chi connectivity index (χ3n) is 2.27. The van der Waals surface area contributed by atoms with Gasteiger partial charge < -0.3 is 20.3 Å². The molecular weight excluding hydrogens is 254 g/mol. The molecule has 0 fully saturated rings. The fraction of sp³-hybridized carbons (Fsp3) is 0.385. The number of halogens is 1. The van der Waals surface area contributed by atoms with E-state index in [2.05, 4.69) is 5.92 Å². The molecule has 5 heteroatoms. The molecule has 3 N–H and O–H groups in total. The number of aliphatic hydroxyl groups excluding tert-OH is 1. The van der Waals surface area contributed by atoms with Gasteiger partial charge >= 0.3 is 0 Å². The highest BCUT2D eigenvalue weighted by Crippen LogP contribution is 2.28. The smallest absolute Gasteiger partial charge is 0.162 e. The van der Waals surface area contributed by atoms with Crippen molar-refractivity contribution in [2.24, 2.45) is 5.73 Å². The van der Waals surface area contributed by atoms with Gasteiger partial charge in [0.1, 0.15) is 6.61 Å². The van der Waals surface area contributed by atoms with Crippen LogP contribution in [0.3, 0.4) is 0 Å². The molecule has 1 atom stereocenters. The standard InChI is InChI=1S/C13H17NO3.ClH/c1-3-6-17-13-8-10(7-11(14)9-15)4-5-12(13)16-2;/h1,4-5,8,11,15H,6-7,9,14H2,2H3;1H. The van der Waals surface area contributed by atoms with Gasteiger partial charge in [0.25, 0.3) is 0 Å². The maximum atomic E-state index is 8.90. The Morgan fingerprint density at radius 1 is 1.44 bits per heavy atom. The maximum Gasteiger partial charge on any atom is 0.162 e. The van der Waals surface area contributed by atoms with E-state index in [-0.39, 0.29) is 31.7 Å². The Labute approximate surface area is 113 Å². The number of ether oxygens (including phenoxy) is 2. The van der Waals surface area contributed by atoms with Crippen molar-refractivity contribution in [1.29, 1.82) is 0 Å². The molecule has 0 bridgehead atoms. The summed E-state index contributed by atoms with van der Waals surface area (Å²) in [7, 11) is 1.57. The van der Waals surface area contributed by atoms with Gasteiger partial charge in [0.05, 0.1) is 13.7 Å². The molecule has 0 saturated carbocycles. The van der Waals surface area contributed by atoms with E-state index in [0.717, 1.165) is 5.56 Å². The summed E-state index contributed by atoms with van der Waals surface area (Å²) >= 11 is 0. The van der Waals surface area contributed by atoms with Gasteiger partial charge in [-0.2, -0.15) is 0 Å². The van der Waals surface area contributed by atoms with Gasteiger partial charge in [0.15, 0.2) is 11.5 Å². The lowest BCUT2D eigenvalue weighted by atomic mass is 10.1. The highest BCUT2D eigenvalue weighted by atomic mass is 35.5. The summed E-state index contributed by atoms with van der Waals surface area (Å²) < 4.78 is 10.5. The fourth-order valence-electron chi connectivity index (χ4n) is 1.45. The lowest BCUT2D eigenvalue weighted by Gasteiger charge is -2.12. The van der Waals surface area contributed by atoms with Crippen molar-refractivity contribution in [3.63, 3.8) is 0 Å². The van der Waals surface area contributed by atoms with E-state index in [4.69, 9.17) is 26.7 Å². The summed E-state index contributed by atoms with van der Waals surface area (Å²) in [5.74, 6) is 3.61. The minimum absolute atomic E-state index is 0. The molecule has 0 aliphatic heterocycles. The van der Waals surface area contributed by atoms with Crippen LogP contribution in [-0.2, 0) is 6.42 Å². The van der Waals surface area contributed by atoms with Crippen molar-refractivity contribution < 1.29 is 14.6 Å². The van der Waals surface area contributed by atoms with Gasteiger partial charge in [-0.25, -0.2) is 0 Å². The Balaban J connectivity index is 0.00000289. The van der Waals surface area contributed by atoms with Crippen LogP contribution in [0, 0.1) is 12.3 Å². The van der Waals surface area contributed by atoms with Crippen LogP contribution in [-0.4, -0.2) is 31.5 Å². The Morgan fingerprint density at radius 2 is 2.17 bits per heavy atom. The first-order chi connectivity index (χ1) is 8.21. The monoisotopic (exact) mass is 271 g/mol. The van der Waals surface area contributed by atoms with E-state index < -0.39 is 0 Å². The summed E-state index contributed by atoms with van der Waals surface area (Å²) in [4.78, 5) is 0. The van der Waals surface area contributed by atoms with E-state index in [1.807, 2.05) is 12.1 Å². The quantitative estimate of drug-likeness (QED) is 0.758. The molecular formula is C13H18ClNO3. The van der Waals surface area contributed by atoms with Gasteiger partial charge in [-0.15, -0.1) is 18.8 Å². The maximum absolute atomic E-state index is 8.90. The second-order valence-corrected chi connectivity index (χ2v) is 3.62. The van der Waals surface area contributed by atoms with Crippen LogP contribution in [0.25, 0.3) is 0 Å². The predicted molar refractivity (Wildman–Crippen MR) is 73.3 cm³/mol. The molecule has 0 saturated heterocycles. The van der Waals surface area contributed by atoms with E-state index in [1.54, 1.807) is 13.2 Å². The molecule has 0 aliphatic carbocycles. The van der Waals surface area contributed by atoms with Crippen molar-refractivity contribution in [1.82, 2.24) is 0 Å². The summed E-state index contributed by atoms with van der Waals surface area (Å²) in [5.41, 5.74) is 6.64. The number of hydrogen-bond acceptors (Lipinski definition) is 4. The van der Waals surface area contributed by atoms with Crippen LogP contribution in [0.4, 0.5) is 0 Å². The molecule has 0 amide bonds. The zero-order chi connectivity index (χ0) is 12.7. The zero-order valence-electron chi connectivity index (χ0n) is 10.3. The molecule has 0 radical (unpaired) electrons. The van der Waals surface area contributed by atoms with Crippen LogP contribution >= 0.6 is 12.4 Å². The molecule has 1 aromatic rings. The van der Waals surface area contributed by atoms with Crippen LogP contribution in [0.15, 0.2) is 18.2 Å². The number of terminal acetylenes is 1. The fourth-order valence-corrected chi connectivity index (χ4v) is 1.45. The molecule has 0 aliphatic rings. The van der Waals surface area contributed by atoms with E-state index in [1.165, 1.54) is 0 Å². The van der Waals surface area contributed by atoms with Crippen molar-refractivity contribution >= 4 is 12.4 Å². The first kappa shape index (κ1) is 16.6. The Kier molecular flexibility index (Phi) is 7.97. The van der Waals surface area contributed by atoms with Crippen LogP contribution < -0.4 is 15.2 Å². The van der Waals surface area contributed by atoms with E-state index in [0.29, 0.717) is 17.9 Å². The number of rotatable bonds is 6. The molecule has 1 aromatic carbocycles. The summed E-state index contributed by atoms with van der Waals surface area (Å²) in [6.45, 7) is 0.137. The molecule has 0 spiro atoms. The molecule has 18 heavy (non-hydrogen) atoms. The van der Waals surface area contributed by atoms with Crippen LogP contribution in [0.1, 0.15) is 5.56 Å². The lowest BCUT2D eigenvalue weighted by Crippen LogP contribution is -2.26. The number of hydrogen-bond donors (Lipinski definition) is 2. The zero-order valence-corrected chi connectivity index (χ0v) is 11.1. The molecule has 100 valence electrons. The minimum Gasteiger partial charge on any atom is -0.493 e. The van der Waals surface area contributed by atoms with Crippen molar-refractivity contribution in [2.45, 2.75) is 12.5 Å². The number of benzene rings is 1. The van der Waals surface area contributed by atoms with Gasteiger partial charge in [0.2, 0.25) is 0 Å². The Hall–Kier alpha value is -1.41. The van der Waals surface area contributed by atoms with Crippen LogP contribution in [0.5, 0.6) is 11.5 Å². The summed E-state index contributed by atoms with van der Waals surface area (Å²) in [6.07, 6.45) is 5.72. The number of nitrogens with two attached hydrogens (primary N) is 1. The van der Waals surface area contributed by atoms with Gasteiger partial charge in [-0.1, -0.05) is 12.0 Å². The summed E-state index contributed by atoms with van der Waals surface area (Å²) in [5, 5.41) is 8.90. The van der Waals surface area contributed by atoms with E-state index >= 15 is 0 Å². The lowest BCUT2D eigenvalue weighted by molar-refractivity contribution is 0.265. The molecule has 4 nitrogen and oxygen atoms in total. The third kappa shape index (κ3) is 4.84. The van der Waals surface area contributed by atoms with Crippen molar-refractivity contribution in [2.75, 3.05) is 20.3 Å². The van der Waals surface area contributed by atoms with E-state index in [9.17, 15) is 0 Å². The van der Waals surface area contributed by atoms with Crippen molar-refractivity contribution in [3.8, 4) is 23.8 Å². The first-order valence-corrected chi connectivity index (χ1v) is 5.31. The first-order valence-electron chi connectivity index (χ1n) is 5.31. The normalized spacial score (nSPS) is 11.0. The average Bonchev–Trinajstić information content (AvgIpc) is 2.36. The minimum atomic E-state index is -0.274. The molecule has 0 heterocycles. The van der Waals surface area contributed by atoms with Gasteiger partial charge in [0, 0.05) is 6.04 Å². The van der Waals surface area contributed by atoms with Crippen LogP contribution in [0.2, 0.25) is 0 Å². The SMILES string of the molecule is C#CCOc1cc(CC(N)CO)ccc1OC.Cl. The second kappa shape index (κ2) is 8.65. The molecule has 1 unspecified atom stereocenters. The third-order valence-corrected chi connectivity index (χ3v) is 2.27.